The number of nitrogens with two attached hydrogens (primary N) is 1. The summed E-state index contributed by atoms with van der Waals surface area (Å²) in [5, 5.41) is 3.53. The number of hydrogen-bond acceptors (Lipinski definition) is 2. The van der Waals surface area contributed by atoms with E-state index in [9.17, 15) is 4.79 Å². The van der Waals surface area contributed by atoms with Crippen LogP contribution in [0.4, 0.5) is 5.69 Å². The molecular weight excluding hydrogens is 223 g/mol. The molecule has 0 saturated carbocycles. The Kier molecular flexibility index (Phi) is 2.00. The highest BCUT2D eigenvalue weighted by molar-refractivity contribution is 6.36. The molecule has 0 fully saturated rings. The highest BCUT2D eigenvalue weighted by atomic mass is 35.5. The van der Waals surface area contributed by atoms with Gasteiger partial charge in [0.25, 0.3) is 0 Å². The maximum Gasteiger partial charge on any atom is 0.248 e. The molecule has 1 aliphatic heterocycles. The lowest BCUT2D eigenvalue weighted by Crippen LogP contribution is -2.40. The molecule has 0 aromatic heterocycles. The smallest absolute Gasteiger partial charge is 0.248 e. The van der Waals surface area contributed by atoms with E-state index in [0.717, 1.165) is 0 Å². The number of carbonyl (C=O) groups excluding carboxylic acids is 1. The van der Waals surface area contributed by atoms with Crippen LogP contribution in [-0.4, -0.2) is 5.91 Å². The van der Waals surface area contributed by atoms with Crippen LogP contribution in [0.2, 0.25) is 10.0 Å². The molecule has 0 bridgehead atoms. The Bertz CT molecular complexity index is 429. The van der Waals surface area contributed by atoms with E-state index in [-0.39, 0.29) is 5.91 Å². The molecule has 1 amide bonds. The highest BCUT2D eigenvalue weighted by Crippen LogP contribution is 2.40. The van der Waals surface area contributed by atoms with E-state index in [4.69, 9.17) is 28.9 Å². The van der Waals surface area contributed by atoms with E-state index in [1.165, 1.54) is 0 Å². The molecule has 0 radical (unpaired) electrons. The lowest BCUT2D eigenvalue weighted by Gasteiger charge is -2.16. The fourth-order valence-corrected chi connectivity index (χ4v) is 2.26. The van der Waals surface area contributed by atoms with Gasteiger partial charge in [0, 0.05) is 21.3 Å². The second-order valence-electron chi connectivity index (χ2n) is 3.47. The molecule has 0 spiro atoms. The van der Waals surface area contributed by atoms with Crippen molar-refractivity contribution in [3.63, 3.8) is 0 Å². The van der Waals surface area contributed by atoms with Crippen molar-refractivity contribution in [2.45, 2.75) is 12.5 Å². The first-order valence-corrected chi connectivity index (χ1v) is 4.78. The molecule has 0 saturated heterocycles. The summed E-state index contributed by atoms with van der Waals surface area (Å²) >= 11 is 11.8. The molecule has 0 aliphatic carbocycles. The van der Waals surface area contributed by atoms with Crippen LogP contribution in [-0.2, 0) is 10.3 Å². The molecule has 14 heavy (non-hydrogen) atoms. The monoisotopic (exact) mass is 230 g/mol. The number of hydrogen-bond donors (Lipinski definition) is 2. The summed E-state index contributed by atoms with van der Waals surface area (Å²) in [6.45, 7) is 1.62. The van der Waals surface area contributed by atoms with Gasteiger partial charge in [-0.25, -0.2) is 0 Å². The largest absolute Gasteiger partial charge is 0.324 e. The van der Waals surface area contributed by atoms with Crippen LogP contribution >= 0.6 is 23.2 Å². The molecule has 5 heteroatoms. The van der Waals surface area contributed by atoms with Gasteiger partial charge in [0.1, 0.15) is 5.54 Å². The Hall–Kier alpha value is -0.770. The second kappa shape index (κ2) is 2.86. The van der Waals surface area contributed by atoms with E-state index in [0.29, 0.717) is 21.3 Å². The predicted octanol–water partition coefficient (Wildman–Crippen LogP) is 2.12. The standard InChI is InChI=1S/C9H8Cl2N2O/c1-9(12)7-5(11)2-4(10)3-6(7)13-8(9)14/h2-3H,12H2,1H3,(H,13,14)/t9-/m1/s1. The average molecular weight is 231 g/mol. The van der Waals surface area contributed by atoms with Gasteiger partial charge in [0.05, 0.1) is 0 Å². The number of anilines is 1. The zero-order valence-electron chi connectivity index (χ0n) is 7.40. The Morgan fingerprint density at radius 1 is 1.43 bits per heavy atom. The minimum atomic E-state index is -1.07. The number of amides is 1. The molecule has 1 aliphatic rings. The number of nitrogens with one attached hydrogen (secondary N) is 1. The molecule has 2 rings (SSSR count). The van der Waals surface area contributed by atoms with Gasteiger partial charge >= 0.3 is 0 Å². The first kappa shape index (κ1) is 9.77. The van der Waals surface area contributed by atoms with Gasteiger partial charge in [0.15, 0.2) is 0 Å². The summed E-state index contributed by atoms with van der Waals surface area (Å²) in [5.41, 5.74) is 5.97. The van der Waals surface area contributed by atoms with E-state index in [2.05, 4.69) is 5.32 Å². The van der Waals surface area contributed by atoms with Crippen molar-refractivity contribution in [3.05, 3.63) is 27.7 Å². The van der Waals surface area contributed by atoms with E-state index in [1.807, 2.05) is 0 Å². The quantitative estimate of drug-likeness (QED) is 0.718. The van der Waals surface area contributed by atoms with Crippen LogP contribution in [0.5, 0.6) is 0 Å². The fraction of sp³-hybridized carbons (Fsp3) is 0.222. The number of fused-ring (bicyclic) bond motifs is 1. The van der Waals surface area contributed by atoms with Crippen LogP contribution in [0.25, 0.3) is 0 Å². The zero-order valence-corrected chi connectivity index (χ0v) is 8.91. The third-order valence-corrected chi connectivity index (χ3v) is 2.81. The number of benzene rings is 1. The highest BCUT2D eigenvalue weighted by Gasteiger charge is 2.41. The first-order valence-electron chi connectivity index (χ1n) is 4.03. The number of rotatable bonds is 0. The second-order valence-corrected chi connectivity index (χ2v) is 4.31. The van der Waals surface area contributed by atoms with Gasteiger partial charge in [0.2, 0.25) is 5.91 Å². The van der Waals surface area contributed by atoms with Crippen LogP contribution in [0.15, 0.2) is 12.1 Å². The van der Waals surface area contributed by atoms with Crippen LogP contribution in [0.1, 0.15) is 12.5 Å². The summed E-state index contributed by atoms with van der Waals surface area (Å²) in [5.74, 6) is -0.267. The van der Waals surface area contributed by atoms with Crippen LogP contribution in [0, 0.1) is 0 Å². The summed E-state index contributed by atoms with van der Waals surface area (Å²) in [6.07, 6.45) is 0. The van der Waals surface area contributed by atoms with Crippen molar-refractivity contribution >= 4 is 34.8 Å². The van der Waals surface area contributed by atoms with Gasteiger partial charge in [-0.3, -0.25) is 4.79 Å². The van der Waals surface area contributed by atoms with Crippen molar-refractivity contribution in [2.24, 2.45) is 5.73 Å². The summed E-state index contributed by atoms with van der Waals surface area (Å²) in [6, 6.07) is 3.21. The van der Waals surface area contributed by atoms with Crippen LogP contribution < -0.4 is 11.1 Å². The summed E-state index contributed by atoms with van der Waals surface area (Å²) in [7, 11) is 0. The van der Waals surface area contributed by atoms with Gasteiger partial charge in [-0.15, -0.1) is 0 Å². The van der Waals surface area contributed by atoms with E-state index < -0.39 is 5.54 Å². The number of carbonyl (C=O) groups is 1. The lowest BCUT2D eigenvalue weighted by molar-refractivity contribution is -0.120. The van der Waals surface area contributed by atoms with Crippen molar-refractivity contribution in [1.82, 2.24) is 0 Å². The maximum atomic E-state index is 11.5. The molecule has 1 heterocycles. The normalized spacial score (nSPS) is 24.7. The Morgan fingerprint density at radius 3 is 2.71 bits per heavy atom. The van der Waals surface area contributed by atoms with Gasteiger partial charge in [-0.2, -0.15) is 0 Å². The first-order chi connectivity index (χ1) is 6.43. The molecule has 74 valence electrons. The summed E-state index contributed by atoms with van der Waals surface area (Å²) < 4.78 is 0. The van der Waals surface area contributed by atoms with E-state index >= 15 is 0 Å². The molecule has 1 aromatic rings. The van der Waals surface area contributed by atoms with Crippen LogP contribution in [0.3, 0.4) is 0 Å². The molecular formula is C9H8Cl2N2O. The van der Waals surface area contributed by atoms with Gasteiger partial charge in [-0.1, -0.05) is 23.2 Å². The SMILES string of the molecule is C[C@]1(N)C(=O)Nc2cc(Cl)cc(Cl)c21. The minimum absolute atomic E-state index is 0.267. The Balaban J connectivity index is 2.71. The zero-order chi connectivity index (χ0) is 10.5. The topological polar surface area (TPSA) is 55.1 Å². The third-order valence-electron chi connectivity index (χ3n) is 2.29. The molecule has 1 atom stereocenters. The maximum absolute atomic E-state index is 11.5. The number of halogens is 2. The van der Waals surface area contributed by atoms with Crippen molar-refractivity contribution < 1.29 is 4.79 Å². The molecule has 0 unspecified atom stereocenters. The summed E-state index contributed by atoms with van der Waals surface area (Å²) in [4.78, 5) is 11.5. The minimum Gasteiger partial charge on any atom is -0.324 e. The Labute approximate surface area is 91.2 Å². The lowest BCUT2D eigenvalue weighted by atomic mass is 9.95. The van der Waals surface area contributed by atoms with Crippen molar-refractivity contribution in [1.29, 1.82) is 0 Å². The third kappa shape index (κ3) is 1.21. The molecule has 3 N–H and O–H groups in total. The Morgan fingerprint density at radius 2 is 2.07 bits per heavy atom. The molecule has 1 aromatic carbocycles. The predicted molar refractivity (Wildman–Crippen MR) is 56.6 cm³/mol. The fourth-order valence-electron chi connectivity index (χ4n) is 1.57. The average Bonchev–Trinajstić information content (AvgIpc) is 2.21. The van der Waals surface area contributed by atoms with E-state index in [1.54, 1.807) is 19.1 Å². The van der Waals surface area contributed by atoms with Gasteiger partial charge < -0.3 is 11.1 Å². The van der Waals surface area contributed by atoms with Crippen molar-refractivity contribution in [3.8, 4) is 0 Å². The van der Waals surface area contributed by atoms with Gasteiger partial charge in [-0.05, 0) is 19.1 Å². The molecule has 3 nitrogen and oxygen atoms in total. The van der Waals surface area contributed by atoms with Crippen molar-refractivity contribution in [2.75, 3.05) is 5.32 Å².